The second kappa shape index (κ2) is 8.73. The second-order valence-electron chi connectivity index (χ2n) is 5.88. The van der Waals surface area contributed by atoms with Gasteiger partial charge in [-0.05, 0) is 23.8 Å². The molecule has 0 bridgehead atoms. The second-order valence-corrected chi connectivity index (χ2v) is 7.55. The highest BCUT2D eigenvalue weighted by Crippen LogP contribution is 2.34. The Morgan fingerprint density at radius 2 is 1.96 bits per heavy atom. The van der Waals surface area contributed by atoms with Crippen molar-refractivity contribution in [2.75, 3.05) is 47.1 Å². The molecule has 9 heteroatoms. The van der Waals surface area contributed by atoms with Crippen molar-refractivity contribution in [3.63, 3.8) is 0 Å². The summed E-state index contributed by atoms with van der Waals surface area (Å²) in [6, 6.07) is 5.38. The molecule has 1 aromatic carbocycles. The molecule has 7 nitrogen and oxygen atoms in total. The highest BCUT2D eigenvalue weighted by atomic mass is 32.2. The van der Waals surface area contributed by atoms with E-state index in [9.17, 15) is 9.59 Å². The maximum atomic E-state index is 12.7. The Morgan fingerprint density at radius 1 is 1.26 bits per heavy atom. The third-order valence-electron chi connectivity index (χ3n) is 4.24. The van der Waals surface area contributed by atoms with Crippen LogP contribution in [-0.4, -0.2) is 73.0 Å². The summed E-state index contributed by atoms with van der Waals surface area (Å²) in [6.07, 6.45) is 1.74. The van der Waals surface area contributed by atoms with Crippen molar-refractivity contribution in [1.82, 2.24) is 9.80 Å². The van der Waals surface area contributed by atoms with Gasteiger partial charge in [0, 0.05) is 13.1 Å². The lowest BCUT2D eigenvalue weighted by atomic mass is 10.2. The molecule has 0 aromatic heterocycles. The number of morpholine rings is 1. The smallest absolute Gasteiger partial charge is 0.266 e. The number of hydrogen-bond donors (Lipinski definition) is 0. The molecule has 2 aliphatic heterocycles. The Balaban J connectivity index is 1.73. The predicted molar refractivity (Wildman–Crippen MR) is 107 cm³/mol. The zero-order valence-corrected chi connectivity index (χ0v) is 16.7. The van der Waals surface area contributed by atoms with Gasteiger partial charge < -0.3 is 19.1 Å². The van der Waals surface area contributed by atoms with Crippen LogP contribution in [0.25, 0.3) is 6.08 Å². The molecule has 27 heavy (non-hydrogen) atoms. The highest BCUT2D eigenvalue weighted by Gasteiger charge is 2.34. The Morgan fingerprint density at radius 3 is 2.63 bits per heavy atom. The molecule has 0 N–H and O–H groups in total. The van der Waals surface area contributed by atoms with Crippen LogP contribution in [0.4, 0.5) is 0 Å². The summed E-state index contributed by atoms with van der Waals surface area (Å²) < 4.78 is 16.1. The number of thiocarbonyl (C=S) groups is 1. The van der Waals surface area contributed by atoms with Crippen LogP contribution in [0, 0.1) is 0 Å². The average molecular weight is 409 g/mol. The van der Waals surface area contributed by atoms with Crippen molar-refractivity contribution in [2.24, 2.45) is 0 Å². The Labute approximate surface area is 167 Å². The number of methoxy groups -OCH3 is 2. The molecule has 2 aliphatic rings. The molecule has 0 saturated carbocycles. The van der Waals surface area contributed by atoms with Crippen molar-refractivity contribution in [1.29, 1.82) is 0 Å². The van der Waals surface area contributed by atoms with E-state index in [1.807, 2.05) is 6.07 Å². The Bertz CT molecular complexity index is 790. The Kier molecular flexibility index (Phi) is 6.35. The van der Waals surface area contributed by atoms with Gasteiger partial charge in [-0.15, -0.1) is 0 Å². The average Bonchev–Trinajstić information content (AvgIpc) is 2.95. The van der Waals surface area contributed by atoms with E-state index in [0.29, 0.717) is 47.0 Å². The lowest BCUT2D eigenvalue weighted by Crippen LogP contribution is -2.46. The maximum absolute atomic E-state index is 12.7. The third-order valence-corrected chi connectivity index (χ3v) is 5.61. The first-order valence-electron chi connectivity index (χ1n) is 8.36. The first-order chi connectivity index (χ1) is 13.0. The van der Waals surface area contributed by atoms with Crippen LogP contribution in [0.15, 0.2) is 23.1 Å². The van der Waals surface area contributed by atoms with Crippen LogP contribution in [0.1, 0.15) is 5.56 Å². The van der Waals surface area contributed by atoms with E-state index >= 15 is 0 Å². The molecular weight excluding hydrogens is 388 g/mol. The van der Waals surface area contributed by atoms with Crippen LogP contribution >= 0.6 is 24.0 Å². The molecular formula is C18H20N2O5S2. The fourth-order valence-corrected chi connectivity index (χ4v) is 4.03. The van der Waals surface area contributed by atoms with Crippen LogP contribution in [0.2, 0.25) is 0 Å². The van der Waals surface area contributed by atoms with E-state index in [0.717, 1.165) is 5.56 Å². The fourth-order valence-electron chi connectivity index (χ4n) is 2.78. The molecule has 0 spiro atoms. The number of ether oxygens (including phenoxy) is 3. The molecule has 0 atom stereocenters. The fraction of sp³-hybridized carbons (Fsp3) is 0.389. The first-order valence-corrected chi connectivity index (χ1v) is 9.59. The maximum Gasteiger partial charge on any atom is 0.266 e. The van der Waals surface area contributed by atoms with Crippen LogP contribution in [-0.2, 0) is 14.3 Å². The van der Waals surface area contributed by atoms with E-state index in [2.05, 4.69) is 0 Å². The summed E-state index contributed by atoms with van der Waals surface area (Å²) in [5, 5.41) is 0. The minimum atomic E-state index is -0.263. The van der Waals surface area contributed by atoms with E-state index in [4.69, 9.17) is 26.4 Å². The molecule has 2 amide bonds. The summed E-state index contributed by atoms with van der Waals surface area (Å²) in [5.41, 5.74) is 0.785. The summed E-state index contributed by atoms with van der Waals surface area (Å²) >= 11 is 6.50. The van der Waals surface area contributed by atoms with Crippen LogP contribution in [0.3, 0.4) is 0 Å². The van der Waals surface area contributed by atoms with Gasteiger partial charge in [0.15, 0.2) is 11.5 Å². The van der Waals surface area contributed by atoms with Crippen molar-refractivity contribution >= 4 is 46.2 Å². The number of hydrogen-bond acceptors (Lipinski definition) is 7. The van der Waals surface area contributed by atoms with Gasteiger partial charge in [-0.2, -0.15) is 0 Å². The zero-order valence-electron chi connectivity index (χ0n) is 15.1. The van der Waals surface area contributed by atoms with Gasteiger partial charge in [0.05, 0.1) is 32.3 Å². The lowest BCUT2D eigenvalue weighted by molar-refractivity contribution is -0.138. The molecule has 3 rings (SSSR count). The lowest BCUT2D eigenvalue weighted by Gasteiger charge is -2.28. The van der Waals surface area contributed by atoms with Gasteiger partial charge >= 0.3 is 0 Å². The van der Waals surface area contributed by atoms with E-state index in [-0.39, 0.29) is 18.4 Å². The van der Waals surface area contributed by atoms with Crippen molar-refractivity contribution in [2.45, 2.75) is 0 Å². The van der Waals surface area contributed by atoms with Crippen LogP contribution in [0.5, 0.6) is 11.5 Å². The van der Waals surface area contributed by atoms with E-state index in [1.54, 1.807) is 37.3 Å². The summed E-state index contributed by atoms with van der Waals surface area (Å²) in [7, 11) is 3.12. The SMILES string of the molecule is COc1ccc(/C=C2/SC(=S)N(CC(=O)N3CCOCC3)C2=O)cc1OC. The standard InChI is InChI=1S/C18H20N2O5S2/c1-23-13-4-3-12(9-14(13)24-2)10-15-17(22)20(18(26)27-15)11-16(21)19-5-7-25-8-6-19/h3-4,9-10H,5-8,11H2,1-2H3/b15-10+. The number of thioether (sulfide) groups is 1. The van der Waals surface area contributed by atoms with Crippen LogP contribution < -0.4 is 9.47 Å². The largest absolute Gasteiger partial charge is 0.493 e. The van der Waals surface area contributed by atoms with Gasteiger partial charge in [0.1, 0.15) is 10.9 Å². The molecule has 2 fully saturated rings. The minimum Gasteiger partial charge on any atom is -0.493 e. The molecule has 2 saturated heterocycles. The molecule has 0 aliphatic carbocycles. The van der Waals surface area contributed by atoms with Gasteiger partial charge in [-0.3, -0.25) is 14.5 Å². The molecule has 144 valence electrons. The topological polar surface area (TPSA) is 68.3 Å². The van der Waals surface area contributed by atoms with Gasteiger partial charge in [-0.1, -0.05) is 30.0 Å². The number of benzene rings is 1. The van der Waals surface area contributed by atoms with E-state index in [1.165, 1.54) is 16.7 Å². The van der Waals surface area contributed by atoms with Gasteiger partial charge in [-0.25, -0.2) is 0 Å². The summed E-state index contributed by atoms with van der Waals surface area (Å²) in [4.78, 5) is 28.7. The molecule has 1 aromatic rings. The van der Waals surface area contributed by atoms with Crippen molar-refractivity contribution in [3.05, 3.63) is 28.7 Å². The molecule has 2 heterocycles. The van der Waals surface area contributed by atoms with Crippen molar-refractivity contribution < 1.29 is 23.8 Å². The van der Waals surface area contributed by atoms with Gasteiger partial charge in [0.25, 0.3) is 5.91 Å². The quantitative estimate of drug-likeness (QED) is 0.543. The summed E-state index contributed by atoms with van der Waals surface area (Å²) in [5.74, 6) is 0.797. The summed E-state index contributed by atoms with van der Waals surface area (Å²) in [6.45, 7) is 2.06. The molecule has 0 unspecified atom stereocenters. The predicted octanol–water partition coefficient (Wildman–Crippen LogP) is 1.76. The normalized spacial score (nSPS) is 19.0. The Hall–Kier alpha value is -2.10. The zero-order chi connectivity index (χ0) is 19.4. The number of nitrogens with zero attached hydrogens (tertiary/aromatic N) is 2. The molecule has 0 radical (unpaired) electrons. The number of rotatable bonds is 5. The van der Waals surface area contributed by atoms with Gasteiger partial charge in [0.2, 0.25) is 5.91 Å². The third kappa shape index (κ3) is 4.42. The number of carbonyl (C=O) groups excluding carboxylic acids is 2. The minimum absolute atomic E-state index is 0.0477. The number of carbonyl (C=O) groups is 2. The van der Waals surface area contributed by atoms with E-state index < -0.39 is 0 Å². The highest BCUT2D eigenvalue weighted by molar-refractivity contribution is 8.26. The first kappa shape index (κ1) is 19.7. The monoisotopic (exact) mass is 408 g/mol. The number of amides is 2. The van der Waals surface area contributed by atoms with Crippen molar-refractivity contribution in [3.8, 4) is 11.5 Å².